The summed E-state index contributed by atoms with van der Waals surface area (Å²) in [6.07, 6.45) is 3.70. The van der Waals surface area contributed by atoms with E-state index in [-0.39, 0.29) is 5.91 Å². The van der Waals surface area contributed by atoms with Crippen LogP contribution in [-0.4, -0.2) is 62.8 Å². The standard InChI is InChI=1S/C24H30N4O2S.C2H2O4/c1-3-21-25-26-23(30-21)24(28(22(29)4-2)19-9-6-5-7-10-19)13-16-27(17-14-24)15-12-20-11-8-18-31-20;3-1(4)2(5)6/h5-11,18H,3-4,12-17H2,1-2H3;(H,3,4)(H,5,6). The Morgan fingerprint density at radius 1 is 1.03 bits per heavy atom. The van der Waals surface area contributed by atoms with Crippen molar-refractivity contribution in [2.24, 2.45) is 0 Å². The number of carboxylic acid groups (broad SMARTS) is 2. The molecule has 0 aliphatic carbocycles. The number of nitrogens with zero attached hydrogens (tertiary/aromatic N) is 4. The van der Waals surface area contributed by atoms with Crippen LogP contribution in [0.5, 0.6) is 0 Å². The normalized spacial score (nSPS) is 14.9. The maximum atomic E-state index is 13.3. The number of para-hydroxylation sites is 1. The van der Waals surface area contributed by atoms with Crippen LogP contribution < -0.4 is 4.90 Å². The van der Waals surface area contributed by atoms with Crippen molar-refractivity contribution in [3.05, 3.63) is 64.5 Å². The molecule has 0 saturated carbocycles. The van der Waals surface area contributed by atoms with E-state index in [0.717, 1.165) is 44.6 Å². The van der Waals surface area contributed by atoms with Gasteiger partial charge in [-0.2, -0.15) is 0 Å². The van der Waals surface area contributed by atoms with Crippen LogP contribution in [0.4, 0.5) is 5.69 Å². The second-order valence-corrected chi connectivity index (χ2v) is 9.62. The smallest absolute Gasteiger partial charge is 0.414 e. The number of piperidine rings is 1. The third-order valence-corrected chi connectivity index (χ3v) is 7.22. The van der Waals surface area contributed by atoms with Gasteiger partial charge in [0.15, 0.2) is 0 Å². The second kappa shape index (κ2) is 13.1. The Bertz CT molecular complexity index is 1140. The first-order chi connectivity index (χ1) is 17.8. The Morgan fingerprint density at radius 3 is 2.22 bits per heavy atom. The molecule has 0 radical (unpaired) electrons. The Kier molecular flexibility index (Phi) is 9.93. The summed E-state index contributed by atoms with van der Waals surface area (Å²) in [5, 5.41) is 25.6. The molecule has 10 nitrogen and oxygen atoms in total. The molecule has 1 fully saturated rings. The topological polar surface area (TPSA) is 137 Å². The van der Waals surface area contributed by atoms with E-state index in [9.17, 15) is 4.79 Å². The van der Waals surface area contributed by atoms with Gasteiger partial charge in [0.25, 0.3) is 0 Å². The first-order valence-corrected chi connectivity index (χ1v) is 13.1. The lowest BCUT2D eigenvalue weighted by Gasteiger charge is -2.46. The third-order valence-electron chi connectivity index (χ3n) is 6.28. The molecule has 0 atom stereocenters. The molecule has 37 heavy (non-hydrogen) atoms. The summed E-state index contributed by atoms with van der Waals surface area (Å²) >= 11 is 1.81. The molecular weight excluding hydrogens is 496 g/mol. The molecule has 11 heteroatoms. The summed E-state index contributed by atoms with van der Waals surface area (Å²) in [6.45, 7) is 6.70. The van der Waals surface area contributed by atoms with E-state index in [1.54, 1.807) is 0 Å². The van der Waals surface area contributed by atoms with Gasteiger partial charge in [-0.1, -0.05) is 38.1 Å². The average molecular weight is 529 g/mol. The molecule has 198 valence electrons. The Balaban J connectivity index is 0.000000568. The first kappa shape index (κ1) is 28.0. The van der Waals surface area contributed by atoms with E-state index in [4.69, 9.17) is 24.2 Å². The molecule has 1 saturated heterocycles. The molecule has 1 aliphatic heterocycles. The van der Waals surface area contributed by atoms with Crippen molar-refractivity contribution in [2.45, 2.75) is 51.5 Å². The molecule has 0 bridgehead atoms. The molecule has 0 unspecified atom stereocenters. The van der Waals surface area contributed by atoms with Crippen molar-refractivity contribution >= 4 is 34.9 Å². The number of rotatable bonds is 8. The number of carbonyl (C=O) groups excluding carboxylic acids is 1. The van der Waals surface area contributed by atoms with E-state index < -0.39 is 17.5 Å². The van der Waals surface area contributed by atoms with Crippen molar-refractivity contribution in [3.63, 3.8) is 0 Å². The molecule has 2 N–H and O–H groups in total. The fourth-order valence-corrected chi connectivity index (χ4v) is 5.05. The number of aromatic nitrogens is 2. The molecule has 3 aromatic rings. The minimum absolute atomic E-state index is 0.0782. The maximum absolute atomic E-state index is 13.3. The van der Waals surface area contributed by atoms with Crippen LogP contribution in [0.2, 0.25) is 0 Å². The van der Waals surface area contributed by atoms with Crippen LogP contribution in [0.25, 0.3) is 0 Å². The lowest BCUT2D eigenvalue weighted by atomic mass is 9.84. The Hall–Kier alpha value is -3.57. The van der Waals surface area contributed by atoms with Crippen molar-refractivity contribution in [2.75, 3.05) is 24.5 Å². The fourth-order valence-electron chi connectivity index (χ4n) is 4.35. The predicted octanol–water partition coefficient (Wildman–Crippen LogP) is 3.83. The molecule has 3 heterocycles. The summed E-state index contributed by atoms with van der Waals surface area (Å²) in [4.78, 5) is 37.3. The Labute approximate surface area is 219 Å². The van der Waals surface area contributed by atoms with E-state index in [0.29, 0.717) is 24.6 Å². The summed E-state index contributed by atoms with van der Waals surface area (Å²) in [5.74, 6) is -2.39. The number of carbonyl (C=O) groups is 3. The molecule has 4 rings (SSSR count). The number of likely N-dealkylation sites (tertiary alicyclic amines) is 1. The number of hydrogen-bond acceptors (Lipinski definition) is 8. The Morgan fingerprint density at radius 2 is 1.70 bits per heavy atom. The highest BCUT2D eigenvalue weighted by Crippen LogP contribution is 2.41. The number of thiophene rings is 1. The van der Waals surface area contributed by atoms with Gasteiger partial charge in [-0.3, -0.25) is 9.69 Å². The van der Waals surface area contributed by atoms with Crippen molar-refractivity contribution in [3.8, 4) is 0 Å². The van der Waals surface area contributed by atoms with E-state index in [2.05, 4.69) is 32.6 Å². The van der Waals surface area contributed by atoms with Crippen LogP contribution in [0.3, 0.4) is 0 Å². The minimum Gasteiger partial charge on any atom is -0.473 e. The van der Waals surface area contributed by atoms with E-state index in [1.807, 2.05) is 60.4 Å². The predicted molar refractivity (Wildman–Crippen MR) is 139 cm³/mol. The fraction of sp³-hybridized carbons (Fsp3) is 0.423. The lowest BCUT2D eigenvalue weighted by molar-refractivity contribution is -0.159. The van der Waals surface area contributed by atoms with Gasteiger partial charge < -0.3 is 19.5 Å². The monoisotopic (exact) mass is 528 g/mol. The van der Waals surface area contributed by atoms with E-state index in [1.165, 1.54) is 4.88 Å². The van der Waals surface area contributed by atoms with Crippen LogP contribution in [0.1, 0.15) is 49.8 Å². The van der Waals surface area contributed by atoms with Crippen molar-refractivity contribution < 1.29 is 29.0 Å². The molecular formula is C26H32N4O6S. The molecule has 1 aromatic carbocycles. The van der Waals surface area contributed by atoms with Gasteiger partial charge >= 0.3 is 11.9 Å². The highest BCUT2D eigenvalue weighted by Gasteiger charge is 2.48. The number of benzene rings is 1. The molecule has 1 aliphatic rings. The highest BCUT2D eigenvalue weighted by molar-refractivity contribution is 7.09. The summed E-state index contributed by atoms with van der Waals surface area (Å²) in [5.41, 5.74) is 0.270. The summed E-state index contributed by atoms with van der Waals surface area (Å²) < 4.78 is 6.09. The zero-order valence-corrected chi connectivity index (χ0v) is 21.8. The average Bonchev–Trinajstić information content (AvgIpc) is 3.62. The minimum atomic E-state index is -1.82. The quantitative estimate of drug-likeness (QED) is 0.418. The van der Waals surface area contributed by atoms with Gasteiger partial charge in [-0.05, 0) is 42.8 Å². The second-order valence-electron chi connectivity index (χ2n) is 8.59. The largest absolute Gasteiger partial charge is 0.473 e. The van der Waals surface area contributed by atoms with Gasteiger partial charge in [-0.15, -0.1) is 21.5 Å². The summed E-state index contributed by atoms with van der Waals surface area (Å²) in [6, 6.07) is 14.2. The van der Waals surface area contributed by atoms with Gasteiger partial charge in [0, 0.05) is 43.0 Å². The molecule has 1 amide bonds. The summed E-state index contributed by atoms with van der Waals surface area (Å²) in [7, 11) is 0. The third kappa shape index (κ3) is 7.01. The van der Waals surface area contributed by atoms with Gasteiger partial charge in [0.1, 0.15) is 5.54 Å². The van der Waals surface area contributed by atoms with Crippen LogP contribution in [-0.2, 0) is 32.8 Å². The lowest BCUT2D eigenvalue weighted by Crippen LogP contribution is -2.56. The van der Waals surface area contributed by atoms with Crippen molar-refractivity contribution in [1.82, 2.24) is 15.1 Å². The van der Waals surface area contributed by atoms with Gasteiger partial charge in [0.2, 0.25) is 17.7 Å². The van der Waals surface area contributed by atoms with Gasteiger partial charge in [-0.25, -0.2) is 9.59 Å². The molecule has 2 aromatic heterocycles. The zero-order chi connectivity index (χ0) is 26.8. The number of carboxylic acids is 2. The molecule has 0 spiro atoms. The number of hydrogen-bond donors (Lipinski definition) is 2. The number of anilines is 1. The van der Waals surface area contributed by atoms with Crippen molar-refractivity contribution in [1.29, 1.82) is 0 Å². The van der Waals surface area contributed by atoms with Gasteiger partial charge in [0.05, 0.1) is 0 Å². The maximum Gasteiger partial charge on any atom is 0.414 e. The van der Waals surface area contributed by atoms with Crippen LogP contribution in [0.15, 0.2) is 52.3 Å². The number of amides is 1. The highest BCUT2D eigenvalue weighted by atomic mass is 32.1. The number of aliphatic carboxylic acids is 2. The van der Waals surface area contributed by atoms with E-state index >= 15 is 0 Å². The van der Waals surface area contributed by atoms with Crippen LogP contribution in [0, 0.1) is 0 Å². The first-order valence-electron chi connectivity index (χ1n) is 12.2. The SMILES string of the molecule is CCC(=O)N(c1ccccc1)C1(c2nnc(CC)o2)CCN(CCc2cccs2)CC1.O=C(O)C(=O)O. The zero-order valence-electron chi connectivity index (χ0n) is 21.0. The number of aryl methyl sites for hydroxylation is 1. The van der Waals surface area contributed by atoms with Crippen LogP contribution >= 0.6 is 11.3 Å².